The molecule has 0 atom stereocenters. The van der Waals surface area contributed by atoms with Crippen molar-refractivity contribution in [3.63, 3.8) is 0 Å². The molecule has 2 N–H and O–H groups in total. The molecule has 0 spiro atoms. The van der Waals surface area contributed by atoms with Gasteiger partial charge in [-0.2, -0.15) is 0 Å². The highest BCUT2D eigenvalue weighted by atomic mass is 35.5. The first-order chi connectivity index (χ1) is 13.7. The van der Waals surface area contributed by atoms with E-state index in [1.165, 1.54) is 15.5 Å². The number of rotatable bonds is 5. The summed E-state index contributed by atoms with van der Waals surface area (Å²) in [7, 11) is 0. The molecule has 2 aromatic rings. The second-order valence-electron chi connectivity index (χ2n) is 7.78. The van der Waals surface area contributed by atoms with Gasteiger partial charge in [-0.15, -0.1) is 11.3 Å². The molecule has 1 amide bonds. The smallest absolute Gasteiger partial charge is 0.278 e. The normalized spacial score (nSPS) is 19.2. The van der Waals surface area contributed by atoms with Gasteiger partial charge < -0.3 is 19.6 Å². The van der Waals surface area contributed by atoms with E-state index in [4.69, 9.17) is 11.6 Å². The molecule has 1 aromatic heterocycles. The molecule has 7 heteroatoms. The molecule has 2 aliphatic heterocycles. The van der Waals surface area contributed by atoms with Crippen LogP contribution in [0.25, 0.3) is 0 Å². The minimum atomic E-state index is 0.321. The van der Waals surface area contributed by atoms with Gasteiger partial charge in [-0.1, -0.05) is 23.7 Å². The largest absolute Gasteiger partial charge is 0.360 e. The van der Waals surface area contributed by atoms with E-state index < -0.39 is 0 Å². The zero-order valence-electron chi connectivity index (χ0n) is 16.2. The van der Waals surface area contributed by atoms with E-state index in [1.807, 2.05) is 29.5 Å². The van der Waals surface area contributed by atoms with E-state index >= 15 is 0 Å². The van der Waals surface area contributed by atoms with Crippen LogP contribution in [-0.2, 0) is 11.3 Å². The van der Waals surface area contributed by atoms with Gasteiger partial charge in [0.2, 0.25) is 0 Å². The Hall–Kier alpha value is -1.60. The maximum atomic E-state index is 12.8. The van der Waals surface area contributed by atoms with Crippen molar-refractivity contribution in [3.8, 4) is 0 Å². The predicted molar refractivity (Wildman–Crippen MR) is 115 cm³/mol. The molecule has 150 valence electrons. The van der Waals surface area contributed by atoms with Gasteiger partial charge in [-0.3, -0.25) is 4.79 Å². The zero-order valence-corrected chi connectivity index (χ0v) is 17.8. The van der Waals surface area contributed by atoms with Crippen LogP contribution in [0.4, 0.5) is 5.69 Å². The molecule has 2 aliphatic rings. The lowest BCUT2D eigenvalue weighted by Crippen LogP contribution is -3.16. The molecule has 28 heavy (non-hydrogen) atoms. The standard InChI is InChI=1S/C21H27ClN4OS/c22-18-3-1-4-19(15-18)25-10-6-24(7-11-25)17-21(27)26-12-8-23(9-13-26)16-20-5-2-14-28-20/h1-5,14-15H,6-13,16-17H2/p+2. The van der Waals surface area contributed by atoms with Crippen molar-refractivity contribution in [2.45, 2.75) is 6.54 Å². The summed E-state index contributed by atoms with van der Waals surface area (Å²) in [5.41, 5.74) is 1.18. The third-order valence-corrected chi connectivity index (χ3v) is 6.98. The lowest BCUT2D eigenvalue weighted by molar-refractivity contribution is -0.917. The number of hydrogen-bond donors (Lipinski definition) is 2. The number of nitrogens with one attached hydrogen (secondary N) is 2. The van der Waals surface area contributed by atoms with Crippen LogP contribution in [0.15, 0.2) is 41.8 Å². The number of nitrogens with zero attached hydrogens (tertiary/aromatic N) is 2. The van der Waals surface area contributed by atoms with Gasteiger partial charge in [0.1, 0.15) is 6.54 Å². The molecule has 2 saturated heterocycles. The number of anilines is 1. The molecule has 0 radical (unpaired) electrons. The van der Waals surface area contributed by atoms with E-state index in [9.17, 15) is 4.79 Å². The molecule has 0 bridgehead atoms. The van der Waals surface area contributed by atoms with Crippen LogP contribution in [-0.4, -0.2) is 69.7 Å². The average Bonchev–Trinajstić information content (AvgIpc) is 3.22. The Labute approximate surface area is 176 Å². The van der Waals surface area contributed by atoms with E-state index in [0.29, 0.717) is 12.5 Å². The van der Waals surface area contributed by atoms with Crippen molar-refractivity contribution in [3.05, 3.63) is 51.7 Å². The number of carbonyl (C=O) groups is 1. The van der Waals surface area contributed by atoms with Crippen LogP contribution in [0.2, 0.25) is 5.02 Å². The Kier molecular flexibility index (Phi) is 6.52. The first kappa shape index (κ1) is 19.7. The van der Waals surface area contributed by atoms with E-state index in [2.05, 4.69) is 33.4 Å². The van der Waals surface area contributed by atoms with Crippen LogP contribution in [0.1, 0.15) is 4.88 Å². The van der Waals surface area contributed by atoms with Gasteiger partial charge in [0.25, 0.3) is 5.91 Å². The molecule has 5 nitrogen and oxygen atoms in total. The second kappa shape index (κ2) is 9.27. The first-order valence-electron chi connectivity index (χ1n) is 10.2. The Morgan fingerprint density at radius 1 is 1.00 bits per heavy atom. The monoisotopic (exact) mass is 420 g/mol. The summed E-state index contributed by atoms with van der Waals surface area (Å²) >= 11 is 7.94. The molecule has 3 heterocycles. The fraction of sp³-hybridized carbons (Fsp3) is 0.476. The number of halogens is 1. The molecule has 0 unspecified atom stereocenters. The summed E-state index contributed by atoms with van der Waals surface area (Å²) in [4.78, 5) is 21.6. The lowest BCUT2D eigenvalue weighted by atomic mass is 10.2. The number of piperazine rings is 2. The van der Waals surface area contributed by atoms with Crippen molar-refractivity contribution in [2.24, 2.45) is 0 Å². The average molecular weight is 421 g/mol. The Balaban J connectivity index is 1.20. The summed E-state index contributed by atoms with van der Waals surface area (Å²) in [5.74, 6) is 0.321. The minimum absolute atomic E-state index is 0.321. The van der Waals surface area contributed by atoms with Crippen LogP contribution < -0.4 is 14.7 Å². The number of benzene rings is 1. The fourth-order valence-electron chi connectivity index (χ4n) is 4.17. The number of quaternary nitrogens is 2. The summed E-state index contributed by atoms with van der Waals surface area (Å²) in [6.07, 6.45) is 0. The third-order valence-electron chi connectivity index (χ3n) is 5.87. The maximum absolute atomic E-state index is 12.8. The van der Waals surface area contributed by atoms with Gasteiger partial charge in [-0.25, -0.2) is 0 Å². The maximum Gasteiger partial charge on any atom is 0.278 e. The van der Waals surface area contributed by atoms with Crippen molar-refractivity contribution in [2.75, 3.05) is 63.8 Å². The fourth-order valence-corrected chi connectivity index (χ4v) is 5.13. The van der Waals surface area contributed by atoms with Gasteiger partial charge >= 0.3 is 0 Å². The molecular formula is C21H29ClN4OS+2. The Bertz CT molecular complexity index is 768. The van der Waals surface area contributed by atoms with Gasteiger partial charge in [0.05, 0.1) is 57.2 Å². The highest BCUT2D eigenvalue weighted by Gasteiger charge is 2.28. The Morgan fingerprint density at radius 2 is 1.75 bits per heavy atom. The number of hydrogen-bond acceptors (Lipinski definition) is 3. The summed E-state index contributed by atoms with van der Waals surface area (Å²) in [5, 5.41) is 2.92. The van der Waals surface area contributed by atoms with Gasteiger partial charge in [0, 0.05) is 10.7 Å². The quantitative estimate of drug-likeness (QED) is 0.715. The van der Waals surface area contributed by atoms with Gasteiger partial charge in [0.15, 0.2) is 6.54 Å². The highest BCUT2D eigenvalue weighted by molar-refractivity contribution is 7.09. The molecule has 0 aliphatic carbocycles. The lowest BCUT2D eigenvalue weighted by Gasteiger charge is -2.35. The highest BCUT2D eigenvalue weighted by Crippen LogP contribution is 2.19. The topological polar surface area (TPSA) is 32.4 Å². The number of thiophene rings is 1. The second-order valence-corrected chi connectivity index (χ2v) is 9.25. The summed E-state index contributed by atoms with van der Waals surface area (Å²) in [6, 6.07) is 12.4. The van der Waals surface area contributed by atoms with E-state index in [-0.39, 0.29) is 0 Å². The molecule has 4 rings (SSSR count). The minimum Gasteiger partial charge on any atom is -0.360 e. The Morgan fingerprint density at radius 3 is 2.43 bits per heavy atom. The predicted octanol–water partition coefficient (Wildman–Crippen LogP) is 0.0337. The third kappa shape index (κ3) is 5.06. The molecule has 0 saturated carbocycles. The first-order valence-corrected chi connectivity index (χ1v) is 11.4. The van der Waals surface area contributed by atoms with Crippen LogP contribution in [0, 0.1) is 0 Å². The number of carbonyl (C=O) groups excluding carboxylic acids is 1. The molecule has 2 fully saturated rings. The van der Waals surface area contributed by atoms with E-state index in [1.54, 1.807) is 4.90 Å². The van der Waals surface area contributed by atoms with Crippen molar-refractivity contribution in [1.82, 2.24) is 4.90 Å². The van der Waals surface area contributed by atoms with Crippen LogP contribution in [0.3, 0.4) is 0 Å². The van der Waals surface area contributed by atoms with Gasteiger partial charge in [-0.05, 0) is 29.6 Å². The van der Waals surface area contributed by atoms with E-state index in [0.717, 1.165) is 63.9 Å². The zero-order chi connectivity index (χ0) is 19.3. The van der Waals surface area contributed by atoms with Crippen molar-refractivity contribution in [1.29, 1.82) is 0 Å². The molecule has 1 aromatic carbocycles. The summed E-state index contributed by atoms with van der Waals surface area (Å²) < 4.78 is 0. The van der Waals surface area contributed by atoms with Crippen LogP contribution in [0.5, 0.6) is 0 Å². The molecular weight excluding hydrogens is 392 g/mol. The van der Waals surface area contributed by atoms with Crippen LogP contribution >= 0.6 is 22.9 Å². The van der Waals surface area contributed by atoms with Crippen molar-refractivity contribution >= 4 is 34.5 Å². The summed E-state index contributed by atoms with van der Waals surface area (Å²) in [6.45, 7) is 9.57. The SMILES string of the molecule is O=C(C[NH+]1CCN(c2cccc(Cl)c2)CC1)N1CC[NH+](Cc2cccs2)CC1. The number of amides is 1. The van der Waals surface area contributed by atoms with Crippen molar-refractivity contribution < 1.29 is 14.6 Å².